The predicted octanol–water partition coefficient (Wildman–Crippen LogP) is 4.80. The summed E-state index contributed by atoms with van der Waals surface area (Å²) in [6.07, 6.45) is 0. The second kappa shape index (κ2) is 16.8. The number of hydrogen-bond acceptors (Lipinski definition) is 21. The number of aromatic hydroxyl groups is 1. The van der Waals surface area contributed by atoms with Crippen molar-refractivity contribution >= 4 is 110 Å². The summed E-state index contributed by atoms with van der Waals surface area (Å²) in [4.78, 5) is 10.4. The molecule has 56 heavy (non-hydrogen) atoms. The van der Waals surface area contributed by atoms with Crippen LogP contribution in [0.1, 0.15) is 0 Å². The zero-order valence-electron chi connectivity index (χ0n) is 27.1. The Morgan fingerprint density at radius 3 is 2.05 bits per heavy atom. The van der Waals surface area contributed by atoms with Crippen LogP contribution in [0.4, 0.5) is 34.6 Å². The molecule has 0 saturated heterocycles. The van der Waals surface area contributed by atoms with Crippen molar-refractivity contribution in [2.45, 2.75) is 19.6 Å². The highest BCUT2D eigenvalue weighted by molar-refractivity contribution is 7.94. The number of hydrogen-bond donors (Lipinski definition) is 7. The van der Waals surface area contributed by atoms with Crippen LogP contribution in [0, 0.1) is 0 Å². The minimum absolute atomic E-state index is 0.00922. The molecule has 0 aliphatic carbocycles. The van der Waals surface area contributed by atoms with Gasteiger partial charge < -0.3 is 15.7 Å². The summed E-state index contributed by atoms with van der Waals surface area (Å²) in [6.45, 7) is -0.862. The lowest BCUT2D eigenvalue weighted by Gasteiger charge is -2.15. The minimum atomic E-state index is -4.92. The van der Waals surface area contributed by atoms with Crippen molar-refractivity contribution in [2.75, 3.05) is 23.0 Å². The maximum atomic E-state index is 12.5. The molecular formula is C27H22ClN7O16S5. The standard InChI is InChI=1S/C27H22ClN7O16S5/c28-25-31-26(29-16-2-1-3-18(12-16)54(40,41)42)33-27(32-25)30-20-13-19(55(43,44)45)10-14-11-21(52-51-50-37)23(24(36)22(14)20)35-34-15-4-6-17(7-5-15)53(38,39)9-8-49-56(46,47)48/h1-7,10-13,36-37H,8-9H2,(H,40,41,42)(H,43,44,45)(H,46,47,48)(H2,29,30,31,32,33). The number of nitrogens with zero attached hydrogens (tertiary/aromatic N) is 5. The molecule has 0 unspecified atom stereocenters. The molecule has 0 aliphatic rings. The van der Waals surface area contributed by atoms with Gasteiger partial charge in [-0.2, -0.15) is 45.3 Å². The summed E-state index contributed by atoms with van der Waals surface area (Å²) in [5.41, 5.74) is -0.583. The molecule has 298 valence electrons. The molecule has 0 radical (unpaired) electrons. The number of halogens is 1. The molecule has 5 rings (SSSR count). The van der Waals surface area contributed by atoms with E-state index in [2.05, 4.69) is 49.4 Å². The first-order valence-corrected chi connectivity index (χ1v) is 21.5. The van der Waals surface area contributed by atoms with Crippen molar-refractivity contribution in [3.63, 3.8) is 0 Å². The van der Waals surface area contributed by atoms with Crippen LogP contribution >= 0.6 is 23.6 Å². The molecule has 4 aromatic carbocycles. The lowest BCUT2D eigenvalue weighted by atomic mass is 10.1. The van der Waals surface area contributed by atoms with Crippen LogP contribution in [0.5, 0.6) is 5.75 Å². The molecule has 0 atom stereocenters. The van der Waals surface area contributed by atoms with Crippen LogP contribution in [-0.4, -0.2) is 85.0 Å². The van der Waals surface area contributed by atoms with E-state index in [0.717, 1.165) is 36.4 Å². The molecule has 0 spiro atoms. The number of azo groups is 1. The fraction of sp³-hybridized carbons (Fsp3) is 0.0741. The summed E-state index contributed by atoms with van der Waals surface area (Å²) in [6, 6.07) is 12.5. The van der Waals surface area contributed by atoms with E-state index in [1.807, 2.05) is 0 Å². The van der Waals surface area contributed by atoms with Crippen molar-refractivity contribution in [1.29, 1.82) is 0 Å². The molecule has 0 bridgehead atoms. The third-order valence-electron chi connectivity index (χ3n) is 6.86. The number of phenolic OH excluding ortho intramolecular Hbond substituents is 1. The second-order valence-electron chi connectivity index (χ2n) is 10.6. The van der Waals surface area contributed by atoms with Crippen molar-refractivity contribution in [1.82, 2.24) is 15.0 Å². The Balaban J connectivity index is 1.55. The van der Waals surface area contributed by atoms with Gasteiger partial charge in [-0.25, -0.2) is 17.9 Å². The summed E-state index contributed by atoms with van der Waals surface area (Å²) in [5, 5.41) is 36.6. The zero-order chi connectivity index (χ0) is 41.1. The summed E-state index contributed by atoms with van der Waals surface area (Å²) in [7, 11) is -18.5. The van der Waals surface area contributed by atoms with Crippen LogP contribution in [-0.2, 0) is 54.0 Å². The quantitative estimate of drug-likeness (QED) is 0.0230. The lowest BCUT2D eigenvalue weighted by Crippen LogP contribution is -2.15. The van der Waals surface area contributed by atoms with Crippen LogP contribution in [0.15, 0.2) is 96.5 Å². The van der Waals surface area contributed by atoms with Crippen molar-refractivity contribution in [3.05, 3.63) is 72.0 Å². The summed E-state index contributed by atoms with van der Waals surface area (Å²) in [5.74, 6) is -2.19. The largest absolute Gasteiger partial charge is 0.505 e. The topological polar surface area (TPSA) is 353 Å². The van der Waals surface area contributed by atoms with Crippen molar-refractivity contribution in [2.24, 2.45) is 10.2 Å². The van der Waals surface area contributed by atoms with Gasteiger partial charge in [0.25, 0.3) is 20.2 Å². The number of aromatic nitrogens is 3. The van der Waals surface area contributed by atoms with Crippen molar-refractivity contribution in [3.8, 4) is 5.75 Å². The maximum absolute atomic E-state index is 12.5. The van der Waals surface area contributed by atoms with E-state index in [0.29, 0.717) is 0 Å². The molecule has 1 aromatic heterocycles. The van der Waals surface area contributed by atoms with E-state index in [9.17, 15) is 47.9 Å². The van der Waals surface area contributed by atoms with Gasteiger partial charge in [-0.05, 0) is 77.7 Å². The van der Waals surface area contributed by atoms with Crippen molar-refractivity contribution < 1.29 is 71.2 Å². The van der Waals surface area contributed by atoms with Gasteiger partial charge >= 0.3 is 10.4 Å². The van der Waals surface area contributed by atoms with Gasteiger partial charge in [0.05, 0.1) is 55.4 Å². The van der Waals surface area contributed by atoms with Gasteiger partial charge in [0.15, 0.2) is 15.6 Å². The van der Waals surface area contributed by atoms with Crippen LogP contribution in [0.25, 0.3) is 10.8 Å². The van der Waals surface area contributed by atoms with E-state index >= 15 is 0 Å². The summed E-state index contributed by atoms with van der Waals surface area (Å²) >= 11 is 6.37. The first-order chi connectivity index (χ1) is 26.1. The summed E-state index contributed by atoms with van der Waals surface area (Å²) < 4.78 is 131. The zero-order valence-corrected chi connectivity index (χ0v) is 32.0. The van der Waals surface area contributed by atoms with E-state index in [1.165, 1.54) is 30.3 Å². The molecular weight excluding hydrogens is 874 g/mol. The van der Waals surface area contributed by atoms with Gasteiger partial charge in [0.1, 0.15) is 5.69 Å². The number of phenols is 1. The molecule has 0 saturated carbocycles. The van der Waals surface area contributed by atoms with Crippen LogP contribution in [0.2, 0.25) is 5.28 Å². The van der Waals surface area contributed by atoms with Gasteiger partial charge in [-0.15, -0.1) is 9.45 Å². The molecule has 29 heteroatoms. The Bertz CT molecular complexity index is 2800. The Kier molecular flexibility index (Phi) is 12.7. The average Bonchev–Trinajstić information content (AvgIpc) is 3.09. The third kappa shape index (κ3) is 11.0. The highest BCUT2D eigenvalue weighted by Gasteiger charge is 2.23. The molecule has 0 aliphatic heterocycles. The molecule has 5 aromatic rings. The van der Waals surface area contributed by atoms with E-state index < -0.39 is 79.3 Å². The molecule has 7 N–H and O–H groups in total. The van der Waals surface area contributed by atoms with Crippen LogP contribution in [0.3, 0.4) is 0 Å². The maximum Gasteiger partial charge on any atom is 0.397 e. The number of fused-ring (bicyclic) bond motifs is 1. The number of rotatable bonds is 16. The Morgan fingerprint density at radius 2 is 1.43 bits per heavy atom. The first kappa shape index (κ1) is 42.5. The normalized spacial score (nSPS) is 12.7. The lowest BCUT2D eigenvalue weighted by molar-refractivity contribution is -0.432. The van der Waals surface area contributed by atoms with Gasteiger partial charge in [-0.1, -0.05) is 11.1 Å². The number of anilines is 4. The molecule has 0 fully saturated rings. The minimum Gasteiger partial charge on any atom is -0.505 e. The Hall–Kier alpha value is -4.69. The fourth-order valence-electron chi connectivity index (χ4n) is 4.56. The first-order valence-electron chi connectivity index (χ1n) is 14.5. The average molecular weight is 896 g/mol. The number of sulfone groups is 1. The van der Waals surface area contributed by atoms with Gasteiger partial charge in [0, 0.05) is 11.1 Å². The van der Waals surface area contributed by atoms with E-state index in [4.69, 9.17) is 21.4 Å². The number of benzene rings is 4. The van der Waals surface area contributed by atoms with Gasteiger partial charge in [-0.3, -0.25) is 13.7 Å². The second-order valence-corrected chi connectivity index (χ2v) is 17.7. The fourth-order valence-corrected chi connectivity index (χ4v) is 7.77. The highest BCUT2D eigenvalue weighted by Crippen LogP contribution is 2.47. The SMILES string of the molecule is O=S(=O)(O)OCCS(=O)(=O)c1ccc(N=Nc2c(SOOO)cc3cc(S(=O)(=O)O)cc(Nc4nc(Cl)nc(Nc5cccc(S(=O)(=O)O)c5)n4)c3c2O)cc1. The molecule has 0 amide bonds. The smallest absolute Gasteiger partial charge is 0.397 e. The Morgan fingerprint density at radius 1 is 0.768 bits per heavy atom. The predicted molar refractivity (Wildman–Crippen MR) is 194 cm³/mol. The van der Waals surface area contributed by atoms with E-state index in [1.54, 1.807) is 0 Å². The third-order valence-corrected chi connectivity index (χ3v) is 11.5. The van der Waals surface area contributed by atoms with E-state index in [-0.39, 0.29) is 61.6 Å². The van der Waals surface area contributed by atoms with Crippen LogP contribution < -0.4 is 10.6 Å². The van der Waals surface area contributed by atoms with Gasteiger partial charge in [0.2, 0.25) is 17.2 Å². The monoisotopic (exact) mass is 895 g/mol. The number of nitrogens with one attached hydrogen (secondary N) is 2. The Labute approximate surface area is 324 Å². The molecule has 23 nitrogen and oxygen atoms in total. The highest BCUT2D eigenvalue weighted by atomic mass is 35.5. The molecule has 1 heterocycles.